The van der Waals surface area contributed by atoms with Gasteiger partial charge in [0.2, 0.25) is 0 Å². The fourth-order valence-electron chi connectivity index (χ4n) is 1.95. The zero-order chi connectivity index (χ0) is 14.5. The van der Waals surface area contributed by atoms with E-state index in [1.807, 2.05) is 37.3 Å². The molecule has 2 rings (SSSR count). The van der Waals surface area contributed by atoms with Gasteiger partial charge in [-0.15, -0.1) is 0 Å². The number of halogens is 2. The average Bonchev–Trinajstić information content (AvgIpc) is 2.48. The molecule has 0 fully saturated rings. The first-order valence-electron chi connectivity index (χ1n) is 6.30. The highest BCUT2D eigenvalue weighted by molar-refractivity contribution is 6.44. The van der Waals surface area contributed by atoms with Crippen molar-refractivity contribution in [2.45, 2.75) is 13.0 Å². The molecule has 2 nitrogen and oxygen atoms in total. The third kappa shape index (κ3) is 3.21. The Morgan fingerprint density at radius 3 is 2.45 bits per heavy atom. The van der Waals surface area contributed by atoms with Crippen molar-refractivity contribution in [3.63, 3.8) is 0 Å². The third-order valence-electron chi connectivity index (χ3n) is 2.89. The van der Waals surface area contributed by atoms with E-state index in [1.54, 1.807) is 18.2 Å². The molecular formula is C16H14Cl2O2. The van der Waals surface area contributed by atoms with Crippen molar-refractivity contribution in [2.24, 2.45) is 0 Å². The minimum atomic E-state index is -0.669. The zero-order valence-electron chi connectivity index (χ0n) is 11.0. The van der Waals surface area contributed by atoms with Gasteiger partial charge in [-0.2, -0.15) is 0 Å². The molecule has 20 heavy (non-hydrogen) atoms. The topological polar surface area (TPSA) is 26.3 Å². The van der Waals surface area contributed by atoms with E-state index < -0.39 is 6.10 Å². The minimum absolute atomic E-state index is 0.189. The SMILES string of the molecule is CCOC(C(=O)c1cccc(Cl)c1Cl)c1ccccc1. The van der Waals surface area contributed by atoms with Crippen LogP contribution < -0.4 is 0 Å². The van der Waals surface area contributed by atoms with Gasteiger partial charge in [0.05, 0.1) is 10.0 Å². The summed E-state index contributed by atoms with van der Waals surface area (Å²) in [6.07, 6.45) is -0.669. The van der Waals surface area contributed by atoms with Gasteiger partial charge in [-0.1, -0.05) is 59.6 Å². The Hall–Kier alpha value is -1.35. The molecule has 0 N–H and O–H groups in total. The predicted molar refractivity (Wildman–Crippen MR) is 81.6 cm³/mol. The quantitative estimate of drug-likeness (QED) is 0.730. The van der Waals surface area contributed by atoms with Crippen LogP contribution in [0.1, 0.15) is 28.9 Å². The van der Waals surface area contributed by atoms with Crippen LogP contribution in [0.25, 0.3) is 0 Å². The summed E-state index contributed by atoms with van der Waals surface area (Å²) in [4.78, 5) is 12.6. The highest BCUT2D eigenvalue weighted by Crippen LogP contribution is 2.30. The van der Waals surface area contributed by atoms with Gasteiger partial charge in [-0.3, -0.25) is 4.79 Å². The van der Waals surface area contributed by atoms with Crippen molar-refractivity contribution in [1.29, 1.82) is 0 Å². The molecule has 0 saturated heterocycles. The molecule has 4 heteroatoms. The first-order chi connectivity index (χ1) is 9.65. The van der Waals surface area contributed by atoms with Crippen LogP contribution in [0.3, 0.4) is 0 Å². The Labute approximate surface area is 128 Å². The van der Waals surface area contributed by atoms with Crippen molar-refractivity contribution in [1.82, 2.24) is 0 Å². The predicted octanol–water partition coefficient (Wildman–Crippen LogP) is 4.95. The second kappa shape index (κ2) is 6.89. The van der Waals surface area contributed by atoms with Crippen LogP contribution in [0.4, 0.5) is 0 Å². The first-order valence-corrected chi connectivity index (χ1v) is 7.05. The lowest BCUT2D eigenvalue weighted by atomic mass is 10.00. The molecule has 104 valence electrons. The highest BCUT2D eigenvalue weighted by Gasteiger charge is 2.24. The molecule has 0 saturated carbocycles. The van der Waals surface area contributed by atoms with Crippen LogP contribution >= 0.6 is 23.2 Å². The fourth-order valence-corrected chi connectivity index (χ4v) is 2.35. The van der Waals surface area contributed by atoms with Gasteiger partial charge >= 0.3 is 0 Å². The maximum Gasteiger partial charge on any atom is 0.197 e. The molecule has 0 aliphatic rings. The van der Waals surface area contributed by atoms with Crippen molar-refractivity contribution in [2.75, 3.05) is 6.61 Å². The van der Waals surface area contributed by atoms with E-state index in [2.05, 4.69) is 0 Å². The van der Waals surface area contributed by atoms with Crippen molar-refractivity contribution in [3.8, 4) is 0 Å². The maximum atomic E-state index is 12.6. The smallest absolute Gasteiger partial charge is 0.197 e. The summed E-state index contributed by atoms with van der Waals surface area (Å²) in [6.45, 7) is 2.28. The molecule has 1 atom stereocenters. The third-order valence-corrected chi connectivity index (χ3v) is 3.71. The first kappa shape index (κ1) is 15.0. The van der Waals surface area contributed by atoms with Gasteiger partial charge in [0.1, 0.15) is 6.10 Å². The van der Waals surface area contributed by atoms with Crippen molar-refractivity contribution >= 4 is 29.0 Å². The summed E-state index contributed by atoms with van der Waals surface area (Å²) in [5, 5.41) is 0.626. The zero-order valence-corrected chi connectivity index (χ0v) is 12.5. The van der Waals surface area contributed by atoms with Gasteiger partial charge in [0.15, 0.2) is 5.78 Å². The Balaban J connectivity index is 2.39. The minimum Gasteiger partial charge on any atom is -0.366 e. The van der Waals surface area contributed by atoms with Crippen LogP contribution in [-0.4, -0.2) is 12.4 Å². The Morgan fingerprint density at radius 2 is 1.80 bits per heavy atom. The Kier molecular flexibility index (Phi) is 5.18. The van der Waals surface area contributed by atoms with E-state index in [0.717, 1.165) is 5.56 Å². The molecule has 2 aromatic carbocycles. The van der Waals surface area contributed by atoms with E-state index in [1.165, 1.54) is 0 Å². The molecule has 0 bridgehead atoms. The van der Waals surface area contributed by atoms with Gasteiger partial charge in [-0.05, 0) is 24.6 Å². The van der Waals surface area contributed by atoms with Crippen LogP contribution in [0.5, 0.6) is 0 Å². The molecule has 0 heterocycles. The lowest BCUT2D eigenvalue weighted by Crippen LogP contribution is -2.17. The second-order valence-corrected chi connectivity index (χ2v) is 5.00. The van der Waals surface area contributed by atoms with Crippen molar-refractivity contribution in [3.05, 3.63) is 69.7 Å². The average molecular weight is 309 g/mol. The molecule has 0 aromatic heterocycles. The second-order valence-electron chi connectivity index (χ2n) is 4.21. The molecule has 0 radical (unpaired) electrons. The Bertz CT molecular complexity index is 597. The number of benzene rings is 2. The number of rotatable bonds is 5. The number of hydrogen-bond donors (Lipinski definition) is 0. The summed E-state index contributed by atoms with van der Waals surface area (Å²) in [6, 6.07) is 14.4. The molecule has 0 aliphatic heterocycles. The normalized spacial score (nSPS) is 12.2. The summed E-state index contributed by atoms with van der Waals surface area (Å²) in [5.41, 5.74) is 1.18. The Morgan fingerprint density at radius 1 is 1.10 bits per heavy atom. The van der Waals surface area contributed by atoms with E-state index in [9.17, 15) is 4.79 Å². The summed E-state index contributed by atoms with van der Waals surface area (Å²) >= 11 is 12.1. The number of carbonyl (C=O) groups excluding carboxylic acids is 1. The van der Waals surface area contributed by atoms with E-state index in [0.29, 0.717) is 17.2 Å². The molecular weight excluding hydrogens is 295 g/mol. The van der Waals surface area contributed by atoms with E-state index >= 15 is 0 Å². The standard InChI is InChI=1S/C16H14Cl2O2/c1-2-20-16(11-7-4-3-5-8-11)15(19)12-9-6-10-13(17)14(12)18/h3-10,16H,2H2,1H3. The molecule has 0 aliphatic carbocycles. The van der Waals surface area contributed by atoms with E-state index in [4.69, 9.17) is 27.9 Å². The number of ketones is 1. The lowest BCUT2D eigenvalue weighted by molar-refractivity contribution is 0.0452. The molecule has 0 spiro atoms. The lowest BCUT2D eigenvalue weighted by Gasteiger charge is -2.17. The largest absolute Gasteiger partial charge is 0.366 e. The summed E-state index contributed by atoms with van der Waals surface area (Å²) in [7, 11) is 0. The van der Waals surface area contributed by atoms with Crippen LogP contribution in [-0.2, 0) is 4.74 Å². The monoisotopic (exact) mass is 308 g/mol. The summed E-state index contributed by atoms with van der Waals surface area (Å²) in [5.74, 6) is -0.189. The highest BCUT2D eigenvalue weighted by atomic mass is 35.5. The number of carbonyl (C=O) groups is 1. The van der Waals surface area contributed by atoms with Crippen LogP contribution in [0, 0.1) is 0 Å². The van der Waals surface area contributed by atoms with Gasteiger partial charge in [0.25, 0.3) is 0 Å². The molecule has 1 unspecified atom stereocenters. The number of hydrogen-bond acceptors (Lipinski definition) is 2. The fraction of sp³-hybridized carbons (Fsp3) is 0.188. The van der Waals surface area contributed by atoms with Crippen molar-refractivity contribution < 1.29 is 9.53 Å². The van der Waals surface area contributed by atoms with Crippen LogP contribution in [0.2, 0.25) is 10.0 Å². The van der Waals surface area contributed by atoms with Gasteiger partial charge in [-0.25, -0.2) is 0 Å². The van der Waals surface area contributed by atoms with E-state index in [-0.39, 0.29) is 10.8 Å². The van der Waals surface area contributed by atoms with Crippen LogP contribution in [0.15, 0.2) is 48.5 Å². The molecule has 0 amide bonds. The summed E-state index contributed by atoms with van der Waals surface area (Å²) < 4.78 is 5.59. The number of ether oxygens (including phenoxy) is 1. The molecule has 2 aromatic rings. The van der Waals surface area contributed by atoms with Gasteiger partial charge < -0.3 is 4.74 Å². The van der Waals surface area contributed by atoms with Gasteiger partial charge in [0, 0.05) is 12.2 Å². The number of Topliss-reactive ketones (excluding diaryl/α,β-unsaturated/α-hetero) is 1. The maximum absolute atomic E-state index is 12.6.